The number of aryl methyl sites for hydroxylation is 1. The highest BCUT2D eigenvalue weighted by atomic mass is 35.5. The van der Waals surface area contributed by atoms with Crippen molar-refractivity contribution in [2.45, 2.75) is 19.3 Å². The number of nitrogens with zero attached hydrogens (tertiary/aromatic N) is 1. The molecule has 0 atom stereocenters. The minimum atomic E-state index is 0.736. The molecule has 12 heavy (non-hydrogen) atoms. The molecule has 0 bridgehead atoms. The highest BCUT2D eigenvalue weighted by Crippen LogP contribution is 2.25. The first-order valence-electron chi connectivity index (χ1n) is 4.17. The van der Waals surface area contributed by atoms with Crippen molar-refractivity contribution in [3.63, 3.8) is 0 Å². The van der Waals surface area contributed by atoms with E-state index in [0.717, 1.165) is 30.1 Å². The van der Waals surface area contributed by atoms with Gasteiger partial charge in [-0.1, -0.05) is 29.8 Å². The summed E-state index contributed by atoms with van der Waals surface area (Å²) in [6, 6.07) is 8.18. The van der Waals surface area contributed by atoms with Crippen LogP contribution in [0.15, 0.2) is 29.3 Å². The zero-order valence-corrected chi connectivity index (χ0v) is 7.51. The Kier molecular flexibility index (Phi) is 2.13. The summed E-state index contributed by atoms with van der Waals surface area (Å²) in [5.41, 5.74) is 2.35. The van der Waals surface area contributed by atoms with Crippen LogP contribution in [0.4, 0.5) is 5.69 Å². The number of hydrogen-bond donors (Lipinski definition) is 0. The lowest BCUT2D eigenvalue weighted by molar-refractivity contribution is 0.883. The Bertz CT molecular complexity index is 317. The van der Waals surface area contributed by atoms with E-state index in [-0.39, 0.29) is 0 Å². The fourth-order valence-corrected chi connectivity index (χ4v) is 1.67. The number of benzene rings is 1. The number of para-hydroxylation sites is 1. The second-order valence-electron chi connectivity index (χ2n) is 2.97. The van der Waals surface area contributed by atoms with E-state index in [4.69, 9.17) is 11.6 Å². The summed E-state index contributed by atoms with van der Waals surface area (Å²) in [6.07, 6.45) is 3.12. The molecule has 1 nitrogen and oxygen atoms in total. The molecule has 0 aliphatic carbocycles. The van der Waals surface area contributed by atoms with E-state index < -0.39 is 0 Å². The van der Waals surface area contributed by atoms with Gasteiger partial charge in [0.25, 0.3) is 0 Å². The van der Waals surface area contributed by atoms with Crippen LogP contribution in [-0.4, -0.2) is 5.17 Å². The van der Waals surface area contributed by atoms with E-state index in [9.17, 15) is 0 Å². The molecule has 1 heterocycles. The van der Waals surface area contributed by atoms with Crippen LogP contribution in [0, 0.1) is 0 Å². The Balaban J connectivity index is 2.47. The molecule has 0 spiro atoms. The summed E-state index contributed by atoms with van der Waals surface area (Å²) in [7, 11) is 0. The molecule has 2 rings (SSSR count). The zero-order valence-electron chi connectivity index (χ0n) is 6.76. The number of aliphatic imine (C=N–C) groups is 1. The Morgan fingerprint density at radius 2 is 2.00 bits per heavy atom. The van der Waals surface area contributed by atoms with E-state index in [1.165, 1.54) is 5.56 Å². The Labute approximate surface area is 77.1 Å². The van der Waals surface area contributed by atoms with Gasteiger partial charge < -0.3 is 0 Å². The molecule has 1 aliphatic heterocycles. The Morgan fingerprint density at radius 3 is 2.92 bits per heavy atom. The minimum absolute atomic E-state index is 0.736. The topological polar surface area (TPSA) is 12.4 Å². The lowest BCUT2D eigenvalue weighted by atomic mass is 10.1. The van der Waals surface area contributed by atoms with E-state index in [1.807, 2.05) is 18.2 Å². The molecule has 2 heteroatoms. The van der Waals surface area contributed by atoms with E-state index in [0.29, 0.717) is 0 Å². The van der Waals surface area contributed by atoms with Gasteiger partial charge in [-0.3, -0.25) is 0 Å². The number of hydrogen-bond acceptors (Lipinski definition) is 1. The van der Waals surface area contributed by atoms with Gasteiger partial charge in [-0.05, 0) is 24.5 Å². The standard InChI is InChI=1S/C10H10ClN/c11-10-7-3-5-8-4-1-2-6-9(8)12-10/h1-2,4,6H,3,5,7H2. The summed E-state index contributed by atoms with van der Waals surface area (Å²) in [4.78, 5) is 4.32. The van der Waals surface area contributed by atoms with Crippen molar-refractivity contribution in [2.24, 2.45) is 4.99 Å². The van der Waals surface area contributed by atoms with Gasteiger partial charge in [0.1, 0.15) is 5.17 Å². The van der Waals surface area contributed by atoms with Crippen molar-refractivity contribution < 1.29 is 0 Å². The zero-order chi connectivity index (χ0) is 8.39. The molecule has 0 radical (unpaired) electrons. The Morgan fingerprint density at radius 1 is 1.17 bits per heavy atom. The summed E-state index contributed by atoms with van der Waals surface area (Å²) in [6.45, 7) is 0. The fourth-order valence-electron chi connectivity index (χ4n) is 1.44. The first kappa shape index (κ1) is 7.81. The molecule has 0 saturated heterocycles. The van der Waals surface area contributed by atoms with Gasteiger partial charge in [-0.15, -0.1) is 0 Å². The highest BCUT2D eigenvalue weighted by Gasteiger charge is 2.06. The maximum atomic E-state index is 5.90. The second-order valence-corrected chi connectivity index (χ2v) is 3.41. The summed E-state index contributed by atoms with van der Waals surface area (Å²) in [5.74, 6) is 0. The van der Waals surface area contributed by atoms with E-state index in [1.54, 1.807) is 0 Å². The van der Waals surface area contributed by atoms with Gasteiger partial charge in [-0.2, -0.15) is 0 Å². The summed E-state index contributed by atoms with van der Waals surface area (Å²) >= 11 is 5.90. The molecule has 0 saturated carbocycles. The molecule has 0 fully saturated rings. The first-order valence-corrected chi connectivity index (χ1v) is 4.55. The predicted octanol–water partition coefficient (Wildman–Crippen LogP) is 3.29. The molecule has 1 aromatic carbocycles. The fraction of sp³-hybridized carbons (Fsp3) is 0.300. The maximum Gasteiger partial charge on any atom is 0.107 e. The molecular weight excluding hydrogens is 170 g/mol. The average Bonchev–Trinajstić information content (AvgIpc) is 2.25. The van der Waals surface area contributed by atoms with Crippen LogP contribution in [-0.2, 0) is 6.42 Å². The van der Waals surface area contributed by atoms with Gasteiger partial charge in [-0.25, -0.2) is 4.99 Å². The molecule has 0 amide bonds. The van der Waals surface area contributed by atoms with Gasteiger partial charge in [0.05, 0.1) is 5.69 Å². The third-order valence-corrected chi connectivity index (χ3v) is 2.34. The number of rotatable bonds is 0. The maximum absolute atomic E-state index is 5.90. The normalized spacial score (nSPS) is 16.2. The van der Waals surface area contributed by atoms with Gasteiger partial charge in [0, 0.05) is 6.42 Å². The summed E-state index contributed by atoms with van der Waals surface area (Å²) < 4.78 is 0. The molecule has 1 aliphatic rings. The van der Waals surface area contributed by atoms with Crippen LogP contribution in [0.1, 0.15) is 18.4 Å². The van der Waals surface area contributed by atoms with Crippen LogP contribution in [0.3, 0.4) is 0 Å². The molecular formula is C10H10ClN. The monoisotopic (exact) mass is 179 g/mol. The van der Waals surface area contributed by atoms with Crippen LogP contribution >= 0.6 is 11.6 Å². The van der Waals surface area contributed by atoms with E-state index in [2.05, 4.69) is 11.1 Å². The SMILES string of the molecule is ClC1=Nc2ccccc2CCC1. The van der Waals surface area contributed by atoms with Crippen molar-refractivity contribution in [2.75, 3.05) is 0 Å². The van der Waals surface area contributed by atoms with Gasteiger partial charge >= 0.3 is 0 Å². The molecule has 1 aromatic rings. The predicted molar refractivity (Wildman–Crippen MR) is 52.3 cm³/mol. The molecule has 62 valence electrons. The van der Waals surface area contributed by atoms with Crippen LogP contribution < -0.4 is 0 Å². The highest BCUT2D eigenvalue weighted by molar-refractivity contribution is 6.65. The average molecular weight is 180 g/mol. The van der Waals surface area contributed by atoms with Crippen molar-refractivity contribution in [3.8, 4) is 0 Å². The number of fused-ring (bicyclic) bond motifs is 1. The Hall–Kier alpha value is -0.820. The molecule has 0 aromatic heterocycles. The largest absolute Gasteiger partial charge is 0.241 e. The first-order chi connectivity index (χ1) is 5.86. The van der Waals surface area contributed by atoms with Gasteiger partial charge in [0.2, 0.25) is 0 Å². The van der Waals surface area contributed by atoms with Crippen LogP contribution in [0.25, 0.3) is 0 Å². The van der Waals surface area contributed by atoms with Crippen molar-refractivity contribution in [3.05, 3.63) is 29.8 Å². The van der Waals surface area contributed by atoms with Crippen LogP contribution in [0.2, 0.25) is 0 Å². The summed E-state index contributed by atoms with van der Waals surface area (Å²) in [5, 5.41) is 0.736. The minimum Gasteiger partial charge on any atom is -0.241 e. The third-order valence-electron chi connectivity index (χ3n) is 2.06. The van der Waals surface area contributed by atoms with Crippen molar-refractivity contribution in [1.82, 2.24) is 0 Å². The number of halogens is 1. The van der Waals surface area contributed by atoms with Gasteiger partial charge in [0.15, 0.2) is 0 Å². The molecule has 0 N–H and O–H groups in total. The van der Waals surface area contributed by atoms with Crippen molar-refractivity contribution >= 4 is 22.5 Å². The third kappa shape index (κ3) is 1.51. The smallest absolute Gasteiger partial charge is 0.107 e. The van der Waals surface area contributed by atoms with Crippen LogP contribution in [0.5, 0.6) is 0 Å². The van der Waals surface area contributed by atoms with E-state index >= 15 is 0 Å². The lowest BCUT2D eigenvalue weighted by Gasteiger charge is -1.99. The second kappa shape index (κ2) is 3.28. The van der Waals surface area contributed by atoms with Crippen molar-refractivity contribution in [1.29, 1.82) is 0 Å². The lowest BCUT2D eigenvalue weighted by Crippen LogP contribution is -1.84. The quantitative estimate of drug-likeness (QED) is 0.580. The molecule has 0 unspecified atom stereocenters.